The predicted molar refractivity (Wildman–Crippen MR) is 67.6 cm³/mol. The molecule has 0 aliphatic rings. The number of nitrogen functional groups attached to an aromatic ring is 1. The molecule has 0 spiro atoms. The Hall–Kier alpha value is -2.63. The average molecular weight is 245 g/mol. The van der Waals surface area contributed by atoms with Crippen molar-refractivity contribution in [2.24, 2.45) is 0 Å². The molecule has 0 aliphatic heterocycles. The zero-order valence-corrected chi connectivity index (χ0v) is 9.46. The highest BCUT2D eigenvalue weighted by molar-refractivity contribution is 6.02. The largest absolute Gasteiger partial charge is 0.477 e. The van der Waals surface area contributed by atoms with Crippen molar-refractivity contribution in [3.63, 3.8) is 0 Å². The Morgan fingerprint density at radius 3 is 2.94 bits per heavy atom. The molecule has 0 fully saturated rings. The van der Waals surface area contributed by atoms with Crippen LogP contribution in [0, 0.1) is 0 Å². The van der Waals surface area contributed by atoms with Crippen LogP contribution in [0.2, 0.25) is 0 Å². The summed E-state index contributed by atoms with van der Waals surface area (Å²) in [5.41, 5.74) is 4.91. The van der Waals surface area contributed by atoms with E-state index in [0.717, 1.165) is 0 Å². The molecule has 6 nitrogen and oxygen atoms in total. The Morgan fingerprint density at radius 2 is 2.33 bits per heavy atom. The Balaban J connectivity index is 3.01. The number of aromatic carboxylic acids is 1. The maximum atomic E-state index is 12.0. The Labute approximate surface area is 102 Å². The lowest BCUT2D eigenvalue weighted by molar-refractivity contribution is 0.0695. The van der Waals surface area contributed by atoms with Gasteiger partial charge in [0.2, 0.25) is 0 Å². The standard InChI is InChI=1S/C12H11N3O3/c1-2-6-15-10-7(4-3-5-14-10)9(13)8(11(15)16)12(17)18/h2-5H,1,6,13H2,(H,17,18). The fraction of sp³-hybridized carbons (Fsp3) is 0.0833. The van der Waals surface area contributed by atoms with Gasteiger partial charge in [0.15, 0.2) is 0 Å². The summed E-state index contributed by atoms with van der Waals surface area (Å²) in [5.74, 6) is -1.35. The molecule has 0 bridgehead atoms. The minimum absolute atomic E-state index is 0.0593. The molecule has 6 heteroatoms. The van der Waals surface area contributed by atoms with Gasteiger partial charge in [0.05, 0.1) is 5.69 Å². The van der Waals surface area contributed by atoms with Crippen molar-refractivity contribution < 1.29 is 9.90 Å². The summed E-state index contributed by atoms with van der Waals surface area (Å²) in [6.45, 7) is 3.71. The van der Waals surface area contributed by atoms with Crippen LogP contribution < -0.4 is 11.3 Å². The number of nitrogens with zero attached hydrogens (tertiary/aromatic N) is 2. The maximum Gasteiger partial charge on any atom is 0.343 e. The molecule has 0 atom stereocenters. The molecule has 0 saturated carbocycles. The van der Waals surface area contributed by atoms with Crippen molar-refractivity contribution in [3.05, 3.63) is 46.9 Å². The van der Waals surface area contributed by atoms with Crippen LogP contribution in [-0.2, 0) is 6.54 Å². The van der Waals surface area contributed by atoms with E-state index < -0.39 is 17.1 Å². The van der Waals surface area contributed by atoms with Gasteiger partial charge in [-0.15, -0.1) is 6.58 Å². The summed E-state index contributed by atoms with van der Waals surface area (Å²) in [6, 6.07) is 3.26. The van der Waals surface area contributed by atoms with Crippen molar-refractivity contribution in [2.75, 3.05) is 5.73 Å². The third kappa shape index (κ3) is 1.64. The number of aromatic nitrogens is 2. The minimum Gasteiger partial charge on any atom is -0.477 e. The van der Waals surface area contributed by atoms with E-state index >= 15 is 0 Å². The third-order valence-electron chi connectivity index (χ3n) is 2.59. The van der Waals surface area contributed by atoms with Gasteiger partial charge in [-0.25, -0.2) is 9.78 Å². The number of nitrogens with two attached hydrogens (primary N) is 1. The van der Waals surface area contributed by atoms with Gasteiger partial charge in [0.1, 0.15) is 11.2 Å². The highest BCUT2D eigenvalue weighted by Gasteiger charge is 2.19. The molecule has 2 heterocycles. The lowest BCUT2D eigenvalue weighted by Gasteiger charge is -2.11. The molecule has 2 rings (SSSR count). The molecule has 0 unspecified atom stereocenters. The van der Waals surface area contributed by atoms with Gasteiger partial charge in [-0.2, -0.15) is 0 Å². The summed E-state index contributed by atoms with van der Waals surface area (Å²) >= 11 is 0. The molecule has 2 aromatic heterocycles. The zero-order valence-electron chi connectivity index (χ0n) is 9.46. The van der Waals surface area contributed by atoms with Crippen LogP contribution >= 0.6 is 0 Å². The molecule has 18 heavy (non-hydrogen) atoms. The second-order valence-electron chi connectivity index (χ2n) is 3.67. The molecule has 0 radical (unpaired) electrons. The van der Waals surface area contributed by atoms with E-state index in [4.69, 9.17) is 10.8 Å². The fourth-order valence-corrected chi connectivity index (χ4v) is 1.81. The number of carboxylic acids is 1. The van der Waals surface area contributed by atoms with E-state index in [-0.39, 0.29) is 12.2 Å². The number of hydrogen-bond acceptors (Lipinski definition) is 4. The van der Waals surface area contributed by atoms with Crippen molar-refractivity contribution in [1.29, 1.82) is 0 Å². The van der Waals surface area contributed by atoms with Crippen molar-refractivity contribution >= 4 is 22.7 Å². The summed E-state index contributed by atoms with van der Waals surface area (Å²) < 4.78 is 1.24. The van der Waals surface area contributed by atoms with Crippen LogP contribution in [-0.4, -0.2) is 20.6 Å². The van der Waals surface area contributed by atoms with Crippen LogP contribution in [0.1, 0.15) is 10.4 Å². The van der Waals surface area contributed by atoms with Crippen molar-refractivity contribution in [1.82, 2.24) is 9.55 Å². The summed E-state index contributed by atoms with van der Waals surface area (Å²) in [7, 11) is 0. The van der Waals surface area contributed by atoms with Crippen molar-refractivity contribution in [2.45, 2.75) is 6.54 Å². The Kier molecular flexibility index (Phi) is 2.85. The molecule has 0 amide bonds. The normalized spacial score (nSPS) is 10.4. The Morgan fingerprint density at radius 1 is 1.61 bits per heavy atom. The number of fused-ring (bicyclic) bond motifs is 1. The number of pyridine rings is 2. The highest BCUT2D eigenvalue weighted by atomic mass is 16.4. The van der Waals surface area contributed by atoms with Crippen molar-refractivity contribution in [3.8, 4) is 0 Å². The predicted octanol–water partition coefficient (Wildman–Crippen LogP) is 0.863. The SMILES string of the molecule is C=CCn1c(=O)c(C(=O)O)c(N)c2cccnc21. The summed E-state index contributed by atoms with van der Waals surface area (Å²) in [5, 5.41) is 9.50. The number of carbonyl (C=O) groups is 1. The number of rotatable bonds is 3. The highest BCUT2D eigenvalue weighted by Crippen LogP contribution is 2.20. The van der Waals surface area contributed by atoms with Crippen LogP contribution in [0.3, 0.4) is 0 Å². The van der Waals surface area contributed by atoms with Gasteiger partial charge in [-0.05, 0) is 12.1 Å². The minimum atomic E-state index is -1.35. The van der Waals surface area contributed by atoms with E-state index in [1.54, 1.807) is 12.1 Å². The molecular formula is C12H11N3O3. The molecule has 2 aromatic rings. The van der Waals surface area contributed by atoms with Gasteiger partial charge in [0.25, 0.3) is 5.56 Å². The molecule has 92 valence electrons. The quantitative estimate of drug-likeness (QED) is 0.781. The Bertz CT molecular complexity index is 704. The van der Waals surface area contributed by atoms with Crippen LogP contribution in [0.15, 0.2) is 35.8 Å². The fourth-order valence-electron chi connectivity index (χ4n) is 1.81. The second-order valence-corrected chi connectivity index (χ2v) is 3.67. The number of hydrogen-bond donors (Lipinski definition) is 2. The molecule has 3 N–H and O–H groups in total. The van der Waals surface area contributed by atoms with Crippen LogP contribution in [0.5, 0.6) is 0 Å². The summed E-state index contributed by atoms with van der Waals surface area (Å²) in [4.78, 5) is 27.2. The van der Waals surface area contributed by atoms with E-state index in [2.05, 4.69) is 11.6 Å². The van der Waals surface area contributed by atoms with Gasteiger partial charge in [-0.1, -0.05) is 6.08 Å². The average Bonchev–Trinajstić information content (AvgIpc) is 2.34. The zero-order chi connectivity index (χ0) is 13.3. The van der Waals surface area contributed by atoms with Crippen LogP contribution in [0.4, 0.5) is 5.69 Å². The van der Waals surface area contributed by atoms with E-state index in [0.29, 0.717) is 11.0 Å². The van der Waals surface area contributed by atoms with Gasteiger partial charge in [-0.3, -0.25) is 9.36 Å². The van der Waals surface area contributed by atoms with Gasteiger partial charge < -0.3 is 10.8 Å². The van der Waals surface area contributed by atoms with E-state index in [1.165, 1.54) is 16.8 Å². The number of carboxylic acid groups (broad SMARTS) is 1. The van der Waals surface area contributed by atoms with Gasteiger partial charge >= 0.3 is 5.97 Å². The van der Waals surface area contributed by atoms with Gasteiger partial charge in [0, 0.05) is 18.1 Å². The molecule has 0 aromatic carbocycles. The molecular weight excluding hydrogens is 234 g/mol. The molecule has 0 saturated heterocycles. The first-order valence-corrected chi connectivity index (χ1v) is 5.19. The van der Waals surface area contributed by atoms with Crippen LogP contribution in [0.25, 0.3) is 11.0 Å². The van der Waals surface area contributed by atoms with E-state index in [9.17, 15) is 9.59 Å². The van der Waals surface area contributed by atoms with E-state index in [1.807, 2.05) is 0 Å². The lowest BCUT2D eigenvalue weighted by Crippen LogP contribution is -2.28. The third-order valence-corrected chi connectivity index (χ3v) is 2.59. The molecule has 0 aliphatic carbocycles. The monoisotopic (exact) mass is 245 g/mol. The first kappa shape index (κ1) is 11.8. The first-order valence-electron chi connectivity index (χ1n) is 5.19. The lowest BCUT2D eigenvalue weighted by atomic mass is 10.1. The first-order chi connectivity index (χ1) is 8.57. The number of anilines is 1. The maximum absolute atomic E-state index is 12.0. The second kappa shape index (κ2) is 4.33. The smallest absolute Gasteiger partial charge is 0.343 e. The summed E-state index contributed by atoms with van der Waals surface area (Å²) in [6.07, 6.45) is 3.01. The number of allylic oxidation sites excluding steroid dienone is 1. The topological polar surface area (TPSA) is 98.2 Å².